The Kier molecular flexibility index (Phi) is 2.63. The van der Waals surface area contributed by atoms with Gasteiger partial charge in [-0.2, -0.15) is 13.2 Å². The number of alkyl halides is 3. The Morgan fingerprint density at radius 2 is 1.83 bits per heavy atom. The summed E-state index contributed by atoms with van der Waals surface area (Å²) in [6.07, 6.45) is -4.65. The lowest BCUT2D eigenvalue weighted by Gasteiger charge is -2.32. The predicted molar refractivity (Wildman–Crippen MR) is 37.4 cm³/mol. The third-order valence-electron chi connectivity index (χ3n) is 2.29. The fourth-order valence-corrected chi connectivity index (χ4v) is 1.59. The summed E-state index contributed by atoms with van der Waals surface area (Å²) in [5.74, 6) is -1.43. The van der Waals surface area contributed by atoms with Gasteiger partial charge in [-0.05, 0) is 19.3 Å². The number of hydrogen-bond acceptors (Lipinski definition) is 2. The highest BCUT2D eigenvalue weighted by atomic mass is 19.4. The van der Waals surface area contributed by atoms with Crippen LogP contribution in [0.15, 0.2) is 0 Å². The van der Waals surface area contributed by atoms with E-state index < -0.39 is 24.2 Å². The van der Waals surface area contributed by atoms with E-state index in [1.807, 2.05) is 0 Å². The molecule has 72 valence electrons. The zero-order valence-corrected chi connectivity index (χ0v) is 6.51. The van der Waals surface area contributed by atoms with E-state index in [1.54, 1.807) is 0 Å². The molecule has 1 aliphatic rings. The Balaban J connectivity index is 2.57. The minimum Gasteiger partial charge on any atom is -0.393 e. The summed E-state index contributed by atoms with van der Waals surface area (Å²) in [7, 11) is 0. The molecule has 0 aromatic heterocycles. The molecular formula is C7H12F3NO. The molecule has 0 heterocycles. The first-order chi connectivity index (χ1) is 5.41. The van der Waals surface area contributed by atoms with Gasteiger partial charge in [0.25, 0.3) is 0 Å². The first-order valence-corrected chi connectivity index (χ1v) is 3.91. The number of aliphatic hydroxyl groups excluding tert-OH is 1. The highest BCUT2D eigenvalue weighted by Gasteiger charge is 2.45. The minimum absolute atomic E-state index is 0.0498. The van der Waals surface area contributed by atoms with Crippen molar-refractivity contribution in [1.82, 2.24) is 0 Å². The number of aliphatic hydroxyl groups is 1. The lowest BCUT2D eigenvalue weighted by Crippen LogP contribution is -2.45. The highest BCUT2D eigenvalue weighted by molar-refractivity contribution is 4.86. The molecule has 3 N–H and O–H groups in total. The fourth-order valence-electron chi connectivity index (χ4n) is 1.59. The Morgan fingerprint density at radius 3 is 2.25 bits per heavy atom. The summed E-state index contributed by atoms with van der Waals surface area (Å²) in [5, 5.41) is 9.02. The lowest BCUT2D eigenvalue weighted by atomic mass is 9.83. The molecule has 5 heteroatoms. The van der Waals surface area contributed by atoms with E-state index in [2.05, 4.69) is 0 Å². The number of rotatable bonds is 0. The van der Waals surface area contributed by atoms with Crippen molar-refractivity contribution >= 4 is 0 Å². The first kappa shape index (κ1) is 9.80. The van der Waals surface area contributed by atoms with Gasteiger partial charge in [0.05, 0.1) is 12.0 Å². The molecule has 3 unspecified atom stereocenters. The zero-order valence-electron chi connectivity index (χ0n) is 6.51. The summed E-state index contributed by atoms with van der Waals surface area (Å²) in [6.45, 7) is 0. The van der Waals surface area contributed by atoms with E-state index in [4.69, 9.17) is 10.8 Å². The van der Waals surface area contributed by atoms with Crippen LogP contribution in [-0.2, 0) is 0 Å². The van der Waals surface area contributed by atoms with Gasteiger partial charge in [-0.1, -0.05) is 0 Å². The molecule has 0 aromatic carbocycles. The van der Waals surface area contributed by atoms with Crippen LogP contribution in [-0.4, -0.2) is 23.4 Å². The largest absolute Gasteiger partial charge is 0.393 e. The second-order valence-electron chi connectivity index (χ2n) is 3.28. The molecule has 0 amide bonds. The van der Waals surface area contributed by atoms with Gasteiger partial charge in [-0.25, -0.2) is 0 Å². The van der Waals surface area contributed by atoms with Gasteiger partial charge in [0.2, 0.25) is 0 Å². The normalized spacial score (nSPS) is 38.2. The molecule has 0 aromatic rings. The van der Waals surface area contributed by atoms with Crippen molar-refractivity contribution in [3.05, 3.63) is 0 Å². The van der Waals surface area contributed by atoms with Gasteiger partial charge in [0.15, 0.2) is 0 Å². The van der Waals surface area contributed by atoms with Crippen LogP contribution >= 0.6 is 0 Å². The van der Waals surface area contributed by atoms with E-state index in [-0.39, 0.29) is 19.3 Å². The Labute approximate surface area is 68.6 Å². The SMILES string of the molecule is NC1CC(O)CCC1C(F)(F)F. The molecule has 0 spiro atoms. The molecule has 0 aliphatic heterocycles. The van der Waals surface area contributed by atoms with Gasteiger partial charge in [0.1, 0.15) is 0 Å². The van der Waals surface area contributed by atoms with Crippen molar-refractivity contribution in [2.45, 2.75) is 37.6 Å². The molecule has 0 saturated heterocycles. The van der Waals surface area contributed by atoms with Crippen molar-refractivity contribution in [2.24, 2.45) is 11.7 Å². The fraction of sp³-hybridized carbons (Fsp3) is 1.00. The van der Waals surface area contributed by atoms with E-state index >= 15 is 0 Å². The van der Waals surface area contributed by atoms with Gasteiger partial charge in [-0.3, -0.25) is 0 Å². The Hall–Kier alpha value is -0.290. The smallest absolute Gasteiger partial charge is 0.393 e. The second kappa shape index (κ2) is 3.22. The number of halogens is 3. The van der Waals surface area contributed by atoms with Gasteiger partial charge < -0.3 is 10.8 Å². The number of nitrogens with two attached hydrogens (primary N) is 1. The third kappa shape index (κ3) is 2.10. The van der Waals surface area contributed by atoms with Crippen molar-refractivity contribution < 1.29 is 18.3 Å². The maximum Gasteiger partial charge on any atom is 0.393 e. The standard InChI is InChI=1S/C7H12F3NO/c8-7(9,10)5-2-1-4(12)3-6(5)11/h4-6,12H,1-3,11H2. The second-order valence-corrected chi connectivity index (χ2v) is 3.28. The average molecular weight is 183 g/mol. The van der Waals surface area contributed by atoms with Gasteiger partial charge >= 0.3 is 6.18 Å². The van der Waals surface area contributed by atoms with E-state index in [1.165, 1.54) is 0 Å². The van der Waals surface area contributed by atoms with Crippen LogP contribution in [0.25, 0.3) is 0 Å². The molecule has 1 fully saturated rings. The maximum atomic E-state index is 12.2. The van der Waals surface area contributed by atoms with Crippen molar-refractivity contribution in [3.8, 4) is 0 Å². The topological polar surface area (TPSA) is 46.2 Å². The molecule has 2 nitrogen and oxygen atoms in total. The number of hydrogen-bond donors (Lipinski definition) is 2. The quantitative estimate of drug-likeness (QED) is 0.589. The van der Waals surface area contributed by atoms with Crippen LogP contribution in [0, 0.1) is 5.92 Å². The van der Waals surface area contributed by atoms with Crippen molar-refractivity contribution in [1.29, 1.82) is 0 Å². The molecule has 12 heavy (non-hydrogen) atoms. The van der Waals surface area contributed by atoms with Crippen LogP contribution in [0.2, 0.25) is 0 Å². The molecular weight excluding hydrogens is 171 g/mol. The minimum atomic E-state index is -4.21. The molecule has 0 radical (unpaired) electrons. The maximum absolute atomic E-state index is 12.2. The first-order valence-electron chi connectivity index (χ1n) is 3.91. The van der Waals surface area contributed by atoms with Crippen LogP contribution in [0.4, 0.5) is 13.2 Å². The van der Waals surface area contributed by atoms with Crippen LogP contribution in [0.1, 0.15) is 19.3 Å². The molecule has 0 bridgehead atoms. The zero-order chi connectivity index (χ0) is 9.35. The summed E-state index contributed by atoms with van der Waals surface area (Å²) in [5.41, 5.74) is 5.28. The van der Waals surface area contributed by atoms with E-state index in [9.17, 15) is 13.2 Å². The summed E-state index contributed by atoms with van der Waals surface area (Å²) in [4.78, 5) is 0. The monoisotopic (exact) mass is 183 g/mol. The van der Waals surface area contributed by atoms with Crippen LogP contribution < -0.4 is 5.73 Å². The van der Waals surface area contributed by atoms with Crippen molar-refractivity contribution in [3.63, 3.8) is 0 Å². The third-order valence-corrected chi connectivity index (χ3v) is 2.29. The van der Waals surface area contributed by atoms with Gasteiger partial charge in [-0.15, -0.1) is 0 Å². The molecule has 1 aliphatic carbocycles. The van der Waals surface area contributed by atoms with E-state index in [0.717, 1.165) is 0 Å². The van der Waals surface area contributed by atoms with E-state index in [0.29, 0.717) is 0 Å². The summed E-state index contributed by atoms with van der Waals surface area (Å²) < 4.78 is 36.5. The molecule has 1 saturated carbocycles. The van der Waals surface area contributed by atoms with Crippen LogP contribution in [0.3, 0.4) is 0 Å². The summed E-state index contributed by atoms with van der Waals surface area (Å²) in [6, 6.07) is -0.936. The molecule has 1 rings (SSSR count). The summed E-state index contributed by atoms with van der Waals surface area (Å²) >= 11 is 0. The molecule has 3 atom stereocenters. The van der Waals surface area contributed by atoms with Gasteiger partial charge in [0, 0.05) is 6.04 Å². The highest BCUT2D eigenvalue weighted by Crippen LogP contribution is 2.36. The van der Waals surface area contributed by atoms with Crippen molar-refractivity contribution in [2.75, 3.05) is 0 Å². The average Bonchev–Trinajstić information content (AvgIpc) is 1.83. The Bertz CT molecular complexity index is 159. The van der Waals surface area contributed by atoms with Crippen LogP contribution in [0.5, 0.6) is 0 Å². The Morgan fingerprint density at radius 1 is 1.25 bits per heavy atom. The lowest BCUT2D eigenvalue weighted by molar-refractivity contribution is -0.190. The predicted octanol–water partition coefficient (Wildman–Crippen LogP) is 1.04.